The number of nitrogens with zero attached hydrogens (tertiary/aromatic N) is 2. The van der Waals surface area contributed by atoms with Gasteiger partial charge in [0.1, 0.15) is 0 Å². The molecule has 98 valence electrons. The number of hydrogen-bond acceptors (Lipinski definition) is 3. The zero-order valence-corrected chi connectivity index (χ0v) is 11.1. The largest absolute Gasteiger partial charge is 0.369 e. The number of anilines is 1. The Bertz CT molecular complexity index is 437. The van der Waals surface area contributed by atoms with Crippen LogP contribution in [0.1, 0.15) is 22.8 Å². The predicted octanol–water partition coefficient (Wildman–Crippen LogP) is 1.24. The number of nitrogens with two attached hydrogens (primary N) is 1. The van der Waals surface area contributed by atoms with Crippen molar-refractivity contribution in [3.8, 4) is 0 Å². The molecule has 0 bridgehead atoms. The maximum atomic E-state index is 11.4. The third-order valence-electron chi connectivity index (χ3n) is 3.67. The Kier molecular flexibility index (Phi) is 3.87. The number of rotatable bonds is 3. The maximum absolute atomic E-state index is 11.4. The molecule has 1 saturated heterocycles. The number of carbonyl (C=O) groups excluding carboxylic acids is 1. The molecule has 0 radical (unpaired) electrons. The highest BCUT2D eigenvalue weighted by Gasteiger charge is 2.17. The third-order valence-corrected chi connectivity index (χ3v) is 3.67. The summed E-state index contributed by atoms with van der Waals surface area (Å²) >= 11 is 0. The van der Waals surface area contributed by atoms with Crippen molar-refractivity contribution in [1.29, 1.82) is 0 Å². The first kappa shape index (κ1) is 12.9. The lowest BCUT2D eigenvalue weighted by Crippen LogP contribution is -2.46. The summed E-state index contributed by atoms with van der Waals surface area (Å²) in [6.07, 6.45) is 0. The van der Waals surface area contributed by atoms with Crippen molar-refractivity contribution < 1.29 is 4.79 Å². The van der Waals surface area contributed by atoms with Crippen LogP contribution in [0.25, 0.3) is 0 Å². The molecular formula is C14H21N3O. The Hall–Kier alpha value is -1.55. The minimum atomic E-state index is -0.346. The van der Waals surface area contributed by atoms with E-state index >= 15 is 0 Å². The summed E-state index contributed by atoms with van der Waals surface area (Å²) in [6.45, 7) is 9.39. The highest BCUT2D eigenvalue weighted by Crippen LogP contribution is 2.20. The molecule has 0 saturated carbocycles. The van der Waals surface area contributed by atoms with Gasteiger partial charge in [-0.25, -0.2) is 0 Å². The van der Waals surface area contributed by atoms with E-state index in [0.717, 1.165) is 44.0 Å². The molecular weight excluding hydrogens is 226 g/mol. The number of piperazine rings is 1. The fourth-order valence-corrected chi connectivity index (χ4v) is 2.39. The number of amides is 1. The van der Waals surface area contributed by atoms with Gasteiger partial charge in [0.15, 0.2) is 0 Å². The van der Waals surface area contributed by atoms with Crippen molar-refractivity contribution in [3.63, 3.8) is 0 Å². The number of benzene rings is 1. The Morgan fingerprint density at radius 3 is 2.50 bits per heavy atom. The topological polar surface area (TPSA) is 49.6 Å². The molecule has 4 nitrogen and oxygen atoms in total. The molecule has 1 fully saturated rings. The standard InChI is InChI=1S/C14H21N3O/c1-3-16-6-8-17(9-7-16)12-5-4-11(2)13(10-12)14(15)18/h4-5,10H,3,6-9H2,1-2H3,(H2,15,18). The summed E-state index contributed by atoms with van der Waals surface area (Å²) in [5.41, 5.74) is 8.07. The molecule has 0 unspecified atom stereocenters. The lowest BCUT2D eigenvalue weighted by atomic mass is 10.1. The minimum Gasteiger partial charge on any atom is -0.369 e. The SMILES string of the molecule is CCN1CCN(c2ccc(C)c(C(N)=O)c2)CC1. The smallest absolute Gasteiger partial charge is 0.249 e. The van der Waals surface area contributed by atoms with E-state index in [0.29, 0.717) is 5.56 Å². The molecule has 18 heavy (non-hydrogen) atoms. The van der Waals surface area contributed by atoms with Gasteiger partial charge in [-0.2, -0.15) is 0 Å². The van der Waals surface area contributed by atoms with Gasteiger partial charge in [0, 0.05) is 37.4 Å². The first-order valence-electron chi connectivity index (χ1n) is 6.49. The molecule has 1 aliphatic rings. The van der Waals surface area contributed by atoms with E-state index in [1.54, 1.807) is 0 Å². The lowest BCUT2D eigenvalue weighted by Gasteiger charge is -2.35. The number of aryl methyl sites for hydroxylation is 1. The van der Waals surface area contributed by atoms with E-state index in [1.807, 2.05) is 19.1 Å². The fraction of sp³-hybridized carbons (Fsp3) is 0.500. The normalized spacial score (nSPS) is 16.9. The molecule has 1 heterocycles. The first-order valence-corrected chi connectivity index (χ1v) is 6.49. The van der Waals surface area contributed by atoms with Crippen molar-refractivity contribution in [2.45, 2.75) is 13.8 Å². The monoisotopic (exact) mass is 247 g/mol. The molecule has 0 aliphatic carbocycles. The number of hydrogen-bond donors (Lipinski definition) is 1. The van der Waals surface area contributed by atoms with E-state index in [-0.39, 0.29) is 5.91 Å². The summed E-state index contributed by atoms with van der Waals surface area (Å²) in [6, 6.07) is 5.96. The summed E-state index contributed by atoms with van der Waals surface area (Å²) in [5, 5.41) is 0. The van der Waals surface area contributed by atoms with Crippen LogP contribution in [0.2, 0.25) is 0 Å². The Balaban J connectivity index is 2.15. The van der Waals surface area contributed by atoms with Gasteiger partial charge in [0.25, 0.3) is 0 Å². The first-order chi connectivity index (χ1) is 8.61. The highest BCUT2D eigenvalue weighted by atomic mass is 16.1. The quantitative estimate of drug-likeness (QED) is 0.874. The minimum absolute atomic E-state index is 0.346. The molecule has 1 aromatic rings. The molecule has 1 amide bonds. The van der Waals surface area contributed by atoms with E-state index in [4.69, 9.17) is 5.73 Å². The van der Waals surface area contributed by atoms with E-state index < -0.39 is 0 Å². The second-order valence-electron chi connectivity index (χ2n) is 4.78. The van der Waals surface area contributed by atoms with E-state index in [1.165, 1.54) is 0 Å². The average Bonchev–Trinajstić information content (AvgIpc) is 2.39. The molecule has 0 atom stereocenters. The Labute approximate surface area is 108 Å². The van der Waals surface area contributed by atoms with Gasteiger partial charge in [-0.05, 0) is 31.2 Å². The fourth-order valence-electron chi connectivity index (χ4n) is 2.39. The molecule has 1 aromatic carbocycles. The van der Waals surface area contributed by atoms with Crippen LogP contribution in [0, 0.1) is 6.92 Å². The van der Waals surface area contributed by atoms with Crippen molar-refractivity contribution in [1.82, 2.24) is 4.90 Å². The van der Waals surface area contributed by atoms with E-state index in [9.17, 15) is 4.79 Å². The van der Waals surface area contributed by atoms with Gasteiger partial charge in [0.2, 0.25) is 5.91 Å². The van der Waals surface area contributed by atoms with Gasteiger partial charge >= 0.3 is 0 Å². The number of carbonyl (C=O) groups is 1. The molecule has 0 spiro atoms. The summed E-state index contributed by atoms with van der Waals surface area (Å²) in [5.74, 6) is -0.346. The van der Waals surface area contributed by atoms with Gasteiger partial charge < -0.3 is 15.5 Å². The molecule has 4 heteroatoms. The predicted molar refractivity (Wildman–Crippen MR) is 74.0 cm³/mol. The second kappa shape index (κ2) is 5.40. The van der Waals surface area contributed by atoms with Crippen molar-refractivity contribution in [3.05, 3.63) is 29.3 Å². The average molecular weight is 247 g/mol. The Morgan fingerprint density at radius 2 is 1.94 bits per heavy atom. The highest BCUT2D eigenvalue weighted by molar-refractivity contribution is 5.95. The molecule has 2 N–H and O–H groups in total. The van der Waals surface area contributed by atoms with E-state index in [2.05, 4.69) is 22.8 Å². The number of primary amides is 1. The van der Waals surface area contributed by atoms with Crippen LogP contribution in [0.3, 0.4) is 0 Å². The molecule has 1 aliphatic heterocycles. The van der Waals surface area contributed by atoms with Gasteiger partial charge in [-0.1, -0.05) is 13.0 Å². The zero-order chi connectivity index (χ0) is 13.1. The maximum Gasteiger partial charge on any atom is 0.249 e. The van der Waals surface area contributed by atoms with Crippen molar-refractivity contribution in [2.75, 3.05) is 37.6 Å². The zero-order valence-electron chi connectivity index (χ0n) is 11.1. The van der Waals surface area contributed by atoms with Crippen LogP contribution in [-0.4, -0.2) is 43.5 Å². The van der Waals surface area contributed by atoms with Gasteiger partial charge in [-0.15, -0.1) is 0 Å². The van der Waals surface area contributed by atoms with Crippen molar-refractivity contribution >= 4 is 11.6 Å². The molecule has 0 aromatic heterocycles. The van der Waals surface area contributed by atoms with Crippen LogP contribution >= 0.6 is 0 Å². The Morgan fingerprint density at radius 1 is 1.28 bits per heavy atom. The summed E-state index contributed by atoms with van der Waals surface area (Å²) in [7, 11) is 0. The third kappa shape index (κ3) is 2.64. The second-order valence-corrected chi connectivity index (χ2v) is 4.78. The van der Waals surface area contributed by atoms with Crippen LogP contribution in [-0.2, 0) is 0 Å². The van der Waals surface area contributed by atoms with Crippen LogP contribution < -0.4 is 10.6 Å². The number of likely N-dealkylation sites (N-methyl/N-ethyl adjacent to an activating group) is 1. The molecule has 2 rings (SSSR count). The van der Waals surface area contributed by atoms with Crippen LogP contribution in [0.4, 0.5) is 5.69 Å². The van der Waals surface area contributed by atoms with Gasteiger partial charge in [-0.3, -0.25) is 4.79 Å². The summed E-state index contributed by atoms with van der Waals surface area (Å²) in [4.78, 5) is 16.1. The van der Waals surface area contributed by atoms with Crippen LogP contribution in [0.15, 0.2) is 18.2 Å². The van der Waals surface area contributed by atoms with Gasteiger partial charge in [0.05, 0.1) is 0 Å². The van der Waals surface area contributed by atoms with Crippen LogP contribution in [0.5, 0.6) is 0 Å². The summed E-state index contributed by atoms with van der Waals surface area (Å²) < 4.78 is 0. The lowest BCUT2D eigenvalue weighted by molar-refractivity contribution is 0.0999. The van der Waals surface area contributed by atoms with Crippen molar-refractivity contribution in [2.24, 2.45) is 5.73 Å².